The van der Waals surface area contributed by atoms with Crippen molar-refractivity contribution in [3.8, 4) is 0 Å². The number of hydrogen-bond donors (Lipinski definition) is 2. The van der Waals surface area contributed by atoms with E-state index in [1.807, 2.05) is 23.6 Å². The Morgan fingerprint density at radius 2 is 1.88 bits per heavy atom. The number of aromatic carboxylic acids is 1. The van der Waals surface area contributed by atoms with E-state index in [0.29, 0.717) is 5.69 Å². The minimum Gasteiger partial charge on any atom is -0.478 e. The summed E-state index contributed by atoms with van der Waals surface area (Å²) in [7, 11) is 0. The van der Waals surface area contributed by atoms with Gasteiger partial charge in [-0.1, -0.05) is 18.9 Å². The normalized spacial score (nSPS) is 14.8. The molecular formula is C19H22N2O3S. The second-order valence-corrected chi connectivity index (χ2v) is 7.27. The molecule has 1 fully saturated rings. The third kappa shape index (κ3) is 4.60. The van der Waals surface area contributed by atoms with E-state index in [9.17, 15) is 14.7 Å². The van der Waals surface area contributed by atoms with Gasteiger partial charge in [-0.15, -0.1) is 11.3 Å². The Balaban J connectivity index is 1.76. The lowest BCUT2D eigenvalue weighted by Gasteiger charge is -2.23. The smallest absolute Gasteiger partial charge is 0.337 e. The van der Waals surface area contributed by atoms with Crippen LogP contribution in [0.3, 0.4) is 0 Å². The van der Waals surface area contributed by atoms with Gasteiger partial charge in [0, 0.05) is 23.7 Å². The Kier molecular flexibility index (Phi) is 5.71. The zero-order valence-corrected chi connectivity index (χ0v) is 14.8. The molecule has 0 saturated carbocycles. The van der Waals surface area contributed by atoms with Gasteiger partial charge >= 0.3 is 5.97 Å². The predicted octanol–water partition coefficient (Wildman–Crippen LogP) is 4.01. The molecular weight excluding hydrogens is 336 g/mol. The highest BCUT2D eigenvalue weighted by atomic mass is 32.1. The fraction of sp³-hybridized carbons (Fsp3) is 0.368. The summed E-state index contributed by atoms with van der Waals surface area (Å²) in [5, 5.41) is 14.2. The van der Waals surface area contributed by atoms with Crippen molar-refractivity contribution >= 4 is 34.6 Å². The van der Waals surface area contributed by atoms with Gasteiger partial charge in [-0.25, -0.2) is 4.79 Å². The van der Waals surface area contributed by atoms with Crippen LogP contribution >= 0.6 is 11.3 Å². The molecule has 0 aliphatic carbocycles. The van der Waals surface area contributed by atoms with Crippen LogP contribution in [0.5, 0.6) is 0 Å². The average Bonchev–Trinajstić information content (AvgIpc) is 2.94. The number of thiophene rings is 1. The number of carboxylic acids is 1. The molecule has 3 rings (SSSR count). The van der Waals surface area contributed by atoms with Gasteiger partial charge in [-0.3, -0.25) is 4.79 Å². The maximum absolute atomic E-state index is 12.2. The van der Waals surface area contributed by atoms with E-state index in [4.69, 9.17) is 0 Å². The van der Waals surface area contributed by atoms with Gasteiger partial charge < -0.3 is 15.3 Å². The lowest BCUT2D eigenvalue weighted by molar-refractivity contribution is -0.115. The minimum atomic E-state index is -1.02. The number of carboxylic acid groups (broad SMARTS) is 1. The van der Waals surface area contributed by atoms with Crippen molar-refractivity contribution in [1.82, 2.24) is 0 Å². The molecule has 0 bridgehead atoms. The topological polar surface area (TPSA) is 69.6 Å². The predicted molar refractivity (Wildman–Crippen MR) is 101 cm³/mol. The summed E-state index contributed by atoms with van der Waals surface area (Å²) < 4.78 is 0. The Hall–Kier alpha value is -2.34. The zero-order chi connectivity index (χ0) is 17.6. The summed E-state index contributed by atoms with van der Waals surface area (Å²) in [5.41, 5.74) is 1.41. The Morgan fingerprint density at radius 1 is 1.12 bits per heavy atom. The molecule has 2 N–H and O–H groups in total. The van der Waals surface area contributed by atoms with Crippen LogP contribution in [0, 0.1) is 0 Å². The van der Waals surface area contributed by atoms with Crippen LogP contribution < -0.4 is 10.2 Å². The van der Waals surface area contributed by atoms with Gasteiger partial charge in [0.1, 0.15) is 0 Å². The van der Waals surface area contributed by atoms with Crippen molar-refractivity contribution in [1.29, 1.82) is 0 Å². The first-order chi connectivity index (χ1) is 12.1. The molecule has 0 spiro atoms. The lowest BCUT2D eigenvalue weighted by atomic mass is 10.1. The lowest BCUT2D eigenvalue weighted by Crippen LogP contribution is -2.24. The molecule has 25 heavy (non-hydrogen) atoms. The van der Waals surface area contributed by atoms with Crippen molar-refractivity contribution in [3.05, 3.63) is 46.2 Å². The molecule has 1 aliphatic heterocycles. The Morgan fingerprint density at radius 3 is 2.52 bits per heavy atom. The van der Waals surface area contributed by atoms with Crippen LogP contribution in [-0.2, 0) is 11.2 Å². The van der Waals surface area contributed by atoms with E-state index < -0.39 is 5.97 Å². The van der Waals surface area contributed by atoms with E-state index in [1.165, 1.54) is 24.2 Å². The van der Waals surface area contributed by atoms with Crippen LogP contribution in [0.4, 0.5) is 11.4 Å². The third-order valence-corrected chi connectivity index (χ3v) is 5.27. The van der Waals surface area contributed by atoms with Crippen molar-refractivity contribution in [2.45, 2.75) is 32.1 Å². The van der Waals surface area contributed by atoms with E-state index >= 15 is 0 Å². The zero-order valence-electron chi connectivity index (χ0n) is 14.0. The fourth-order valence-electron chi connectivity index (χ4n) is 3.11. The molecule has 0 atom stereocenters. The molecule has 2 aromatic rings. The van der Waals surface area contributed by atoms with Crippen molar-refractivity contribution < 1.29 is 14.7 Å². The number of anilines is 2. The van der Waals surface area contributed by atoms with Crippen LogP contribution in [0.25, 0.3) is 0 Å². The van der Waals surface area contributed by atoms with E-state index in [0.717, 1.165) is 36.5 Å². The van der Waals surface area contributed by atoms with Crippen LogP contribution in [-0.4, -0.2) is 30.1 Å². The molecule has 1 aliphatic rings. The van der Waals surface area contributed by atoms with E-state index in [2.05, 4.69) is 10.2 Å². The van der Waals surface area contributed by atoms with Gasteiger partial charge in [0.25, 0.3) is 0 Å². The summed E-state index contributed by atoms with van der Waals surface area (Å²) in [5.74, 6) is -1.23. The molecule has 0 radical (unpaired) electrons. The van der Waals surface area contributed by atoms with Crippen molar-refractivity contribution in [2.24, 2.45) is 0 Å². The number of carbonyl (C=O) groups is 2. The minimum absolute atomic E-state index is 0.140. The number of nitrogens with zero attached hydrogens (tertiary/aromatic N) is 1. The van der Waals surface area contributed by atoms with Gasteiger partial charge in [0.2, 0.25) is 5.91 Å². The molecule has 5 nitrogen and oxygen atoms in total. The second-order valence-electron chi connectivity index (χ2n) is 6.24. The maximum Gasteiger partial charge on any atom is 0.337 e. The van der Waals surface area contributed by atoms with Crippen LogP contribution in [0.1, 0.15) is 40.9 Å². The first-order valence-electron chi connectivity index (χ1n) is 8.58. The first-order valence-corrected chi connectivity index (χ1v) is 9.46. The third-order valence-electron chi connectivity index (χ3n) is 4.39. The molecule has 6 heteroatoms. The molecule has 1 saturated heterocycles. The molecule has 1 aromatic carbocycles. The average molecular weight is 358 g/mol. The number of carbonyl (C=O) groups excluding carboxylic acids is 1. The molecule has 1 aromatic heterocycles. The summed E-state index contributed by atoms with van der Waals surface area (Å²) in [6.07, 6.45) is 4.95. The van der Waals surface area contributed by atoms with E-state index in [1.54, 1.807) is 12.1 Å². The van der Waals surface area contributed by atoms with E-state index in [-0.39, 0.29) is 17.9 Å². The summed E-state index contributed by atoms with van der Waals surface area (Å²) >= 11 is 1.51. The Bertz CT molecular complexity index is 735. The highest BCUT2D eigenvalue weighted by molar-refractivity contribution is 7.10. The van der Waals surface area contributed by atoms with Gasteiger partial charge in [0.15, 0.2) is 0 Å². The number of rotatable bonds is 5. The maximum atomic E-state index is 12.2. The first kappa shape index (κ1) is 17.5. The largest absolute Gasteiger partial charge is 0.478 e. The SMILES string of the molecule is O=C(Cc1cccs1)Nc1ccc(N2CCCCCC2)cc1C(=O)O. The van der Waals surface area contributed by atoms with Gasteiger partial charge in [-0.2, -0.15) is 0 Å². The van der Waals surface area contributed by atoms with Gasteiger partial charge in [-0.05, 0) is 42.5 Å². The second kappa shape index (κ2) is 8.16. The van der Waals surface area contributed by atoms with Crippen LogP contribution in [0.2, 0.25) is 0 Å². The van der Waals surface area contributed by atoms with Gasteiger partial charge in [0.05, 0.1) is 17.7 Å². The fourth-order valence-corrected chi connectivity index (χ4v) is 3.81. The highest BCUT2D eigenvalue weighted by Crippen LogP contribution is 2.26. The highest BCUT2D eigenvalue weighted by Gasteiger charge is 2.17. The van der Waals surface area contributed by atoms with Crippen LogP contribution in [0.15, 0.2) is 35.7 Å². The molecule has 1 amide bonds. The standard InChI is InChI=1S/C19H22N2O3S/c22-18(13-15-6-5-11-25-15)20-17-8-7-14(12-16(17)19(23)24)21-9-3-1-2-4-10-21/h5-8,11-12H,1-4,9-10,13H2,(H,20,22)(H,23,24). The monoisotopic (exact) mass is 358 g/mol. The van der Waals surface area contributed by atoms with Crippen molar-refractivity contribution in [2.75, 3.05) is 23.3 Å². The number of benzene rings is 1. The molecule has 132 valence electrons. The summed E-state index contributed by atoms with van der Waals surface area (Å²) in [4.78, 5) is 27.0. The number of nitrogens with one attached hydrogen (secondary N) is 1. The molecule has 0 unspecified atom stereocenters. The number of hydrogen-bond acceptors (Lipinski definition) is 4. The molecule has 2 heterocycles. The summed E-state index contributed by atoms with van der Waals surface area (Å²) in [6.45, 7) is 1.90. The Labute approximate surface area is 151 Å². The number of amides is 1. The van der Waals surface area contributed by atoms with Crippen molar-refractivity contribution in [3.63, 3.8) is 0 Å². The summed E-state index contributed by atoms with van der Waals surface area (Å²) in [6, 6.07) is 9.07. The quantitative estimate of drug-likeness (QED) is 0.847.